The van der Waals surface area contributed by atoms with Crippen LogP contribution in [0.4, 0.5) is 26.0 Å². The number of nitrogens with one attached hydrogen (secondary N) is 3. The molecule has 6 rings (SSSR count). The predicted molar refractivity (Wildman–Crippen MR) is 164 cm³/mol. The number of hydrogen-bond donors (Lipinski definition) is 4. The zero-order valence-electron chi connectivity index (χ0n) is 24.5. The summed E-state index contributed by atoms with van der Waals surface area (Å²) < 4.78 is 34.2. The molecule has 1 aromatic heterocycles. The van der Waals surface area contributed by atoms with Crippen LogP contribution in [0.3, 0.4) is 0 Å². The van der Waals surface area contributed by atoms with Crippen molar-refractivity contribution in [3.05, 3.63) is 88.0 Å². The fraction of sp³-hybridized carbons (Fsp3) is 0.281. The monoisotopic (exact) mass is 601 g/mol. The maximum atomic E-state index is 13.8. The Kier molecular flexibility index (Phi) is 7.92. The normalized spacial score (nSPS) is 14.2. The van der Waals surface area contributed by atoms with E-state index in [1.54, 1.807) is 4.68 Å². The summed E-state index contributed by atoms with van der Waals surface area (Å²) in [5.74, 6) is -2.96. The number of ether oxygens (including phenoxy) is 1. The quantitative estimate of drug-likeness (QED) is 0.253. The lowest BCUT2D eigenvalue weighted by Crippen LogP contribution is -2.43. The summed E-state index contributed by atoms with van der Waals surface area (Å²) in [5.41, 5.74) is 12.1. The van der Waals surface area contributed by atoms with Crippen LogP contribution < -0.4 is 31.3 Å². The molecule has 12 heteroatoms. The minimum Gasteiger partial charge on any atom is -0.496 e. The van der Waals surface area contributed by atoms with Crippen molar-refractivity contribution in [2.75, 3.05) is 43.5 Å². The van der Waals surface area contributed by atoms with Crippen molar-refractivity contribution in [3.8, 4) is 17.0 Å². The third kappa shape index (κ3) is 5.55. The fourth-order valence-electron chi connectivity index (χ4n) is 5.76. The van der Waals surface area contributed by atoms with E-state index in [9.17, 15) is 18.4 Å². The molecule has 0 atom stereocenters. The maximum Gasteiger partial charge on any atom is 0.255 e. The SMILES string of the molecule is COc1cc(F)c(F)cc1C(=O)NCc1ccc(-c2nn3c(c2C(N)=O)Nc2ccc(N4CCNCC4)cc2CC3)cc1C. The van der Waals surface area contributed by atoms with Gasteiger partial charge in [-0.1, -0.05) is 12.1 Å². The summed E-state index contributed by atoms with van der Waals surface area (Å²) in [5, 5.41) is 14.3. The number of primary amides is 1. The van der Waals surface area contributed by atoms with Gasteiger partial charge in [0, 0.05) is 62.3 Å². The van der Waals surface area contributed by atoms with Crippen molar-refractivity contribution in [1.29, 1.82) is 0 Å². The number of aromatic nitrogens is 2. The second kappa shape index (κ2) is 12.0. The number of carbonyl (C=O) groups is 2. The predicted octanol–water partition coefficient (Wildman–Crippen LogP) is 3.88. The van der Waals surface area contributed by atoms with Crippen LogP contribution in [0.1, 0.15) is 37.4 Å². The van der Waals surface area contributed by atoms with Gasteiger partial charge in [-0.25, -0.2) is 13.5 Å². The van der Waals surface area contributed by atoms with Crippen molar-refractivity contribution in [2.45, 2.75) is 26.4 Å². The molecule has 228 valence electrons. The van der Waals surface area contributed by atoms with Crippen molar-refractivity contribution >= 4 is 29.0 Å². The molecule has 1 saturated heterocycles. The van der Waals surface area contributed by atoms with Crippen molar-refractivity contribution in [1.82, 2.24) is 20.4 Å². The molecule has 0 spiro atoms. The van der Waals surface area contributed by atoms with E-state index in [4.69, 9.17) is 15.6 Å². The van der Waals surface area contributed by atoms with Crippen molar-refractivity contribution < 1.29 is 23.1 Å². The fourth-order valence-corrected chi connectivity index (χ4v) is 5.76. The standard InChI is InChI=1S/C32H33F2N7O3/c1-18-13-20(3-4-21(18)17-37-32(43)23-15-24(33)25(34)16-27(23)44-2)29-28(30(35)42)31-38-26-6-5-22(40-11-8-36-9-12-40)14-19(26)7-10-41(31)39-29/h3-6,13-16,36,38H,7-12,17H2,1-2H3,(H2,35,42)(H,37,43). The lowest BCUT2D eigenvalue weighted by molar-refractivity contribution is 0.0946. The Labute approximate surface area is 253 Å². The molecule has 2 aliphatic rings. The zero-order valence-corrected chi connectivity index (χ0v) is 24.5. The molecule has 10 nitrogen and oxygen atoms in total. The first-order chi connectivity index (χ1) is 21.2. The average Bonchev–Trinajstić information content (AvgIpc) is 3.29. The van der Waals surface area contributed by atoms with Crippen LogP contribution in [-0.4, -0.2) is 54.9 Å². The Morgan fingerprint density at radius 3 is 2.55 bits per heavy atom. The van der Waals surface area contributed by atoms with E-state index in [0.29, 0.717) is 29.2 Å². The highest BCUT2D eigenvalue weighted by Crippen LogP contribution is 2.36. The minimum absolute atomic E-state index is 0.0665. The molecule has 0 bridgehead atoms. The van der Waals surface area contributed by atoms with Gasteiger partial charge < -0.3 is 31.3 Å². The second-order valence-corrected chi connectivity index (χ2v) is 10.9. The Morgan fingerprint density at radius 1 is 1.05 bits per heavy atom. The first-order valence-corrected chi connectivity index (χ1v) is 14.4. The van der Waals surface area contributed by atoms with E-state index >= 15 is 0 Å². The van der Waals surface area contributed by atoms with Gasteiger partial charge in [0.15, 0.2) is 11.6 Å². The van der Waals surface area contributed by atoms with Crippen LogP contribution in [0.5, 0.6) is 5.75 Å². The number of nitrogens with zero attached hydrogens (tertiary/aromatic N) is 3. The largest absolute Gasteiger partial charge is 0.496 e. The number of nitrogens with two attached hydrogens (primary N) is 1. The molecule has 0 unspecified atom stereocenters. The van der Waals surface area contributed by atoms with Gasteiger partial charge in [-0.05, 0) is 60.4 Å². The number of benzene rings is 3. The summed E-state index contributed by atoms with van der Waals surface area (Å²) in [7, 11) is 1.28. The number of rotatable bonds is 7. The molecule has 4 aromatic rings. The molecule has 0 saturated carbocycles. The van der Waals surface area contributed by atoms with Crippen LogP contribution in [-0.2, 0) is 19.5 Å². The number of carbonyl (C=O) groups excluding carboxylic acids is 2. The first-order valence-electron chi connectivity index (χ1n) is 14.4. The Balaban J connectivity index is 1.23. The number of hydrogen-bond acceptors (Lipinski definition) is 7. The summed E-state index contributed by atoms with van der Waals surface area (Å²) in [6.07, 6.45) is 0.731. The van der Waals surface area contributed by atoms with Crippen LogP contribution >= 0.6 is 0 Å². The molecule has 3 heterocycles. The number of fused-ring (bicyclic) bond motifs is 2. The molecular weight excluding hydrogens is 568 g/mol. The lowest BCUT2D eigenvalue weighted by atomic mass is 10.0. The summed E-state index contributed by atoms with van der Waals surface area (Å²) in [4.78, 5) is 27.9. The molecule has 5 N–H and O–H groups in total. The summed E-state index contributed by atoms with van der Waals surface area (Å²) >= 11 is 0. The first kappa shape index (κ1) is 29.1. The van der Waals surface area contributed by atoms with Gasteiger partial charge in [-0.3, -0.25) is 9.59 Å². The average molecular weight is 602 g/mol. The Hall–Kier alpha value is -4.97. The van der Waals surface area contributed by atoms with E-state index < -0.39 is 23.4 Å². The molecule has 0 radical (unpaired) electrons. The highest BCUT2D eigenvalue weighted by atomic mass is 19.2. The molecule has 3 aromatic carbocycles. The lowest BCUT2D eigenvalue weighted by Gasteiger charge is -2.30. The molecule has 2 amide bonds. The van der Waals surface area contributed by atoms with Crippen LogP contribution in [0.2, 0.25) is 0 Å². The van der Waals surface area contributed by atoms with Gasteiger partial charge >= 0.3 is 0 Å². The number of amides is 2. The highest BCUT2D eigenvalue weighted by Gasteiger charge is 2.27. The molecule has 0 aliphatic carbocycles. The van der Waals surface area contributed by atoms with Gasteiger partial charge in [0.05, 0.1) is 12.7 Å². The summed E-state index contributed by atoms with van der Waals surface area (Å²) in [6, 6.07) is 13.5. The number of aryl methyl sites for hydroxylation is 3. The van der Waals surface area contributed by atoms with Gasteiger partial charge in [0.2, 0.25) is 0 Å². The van der Waals surface area contributed by atoms with E-state index in [1.807, 2.05) is 31.2 Å². The maximum absolute atomic E-state index is 13.8. The second-order valence-electron chi connectivity index (χ2n) is 10.9. The van der Waals surface area contributed by atoms with E-state index in [2.05, 4.69) is 33.0 Å². The van der Waals surface area contributed by atoms with Crippen molar-refractivity contribution in [2.24, 2.45) is 5.73 Å². The molecule has 1 fully saturated rings. The van der Waals surface area contributed by atoms with Crippen LogP contribution in [0.25, 0.3) is 11.3 Å². The van der Waals surface area contributed by atoms with Gasteiger partial charge in [0.1, 0.15) is 22.8 Å². The number of halogens is 2. The Bertz CT molecular complexity index is 1770. The number of methoxy groups -OCH3 is 1. The smallest absolute Gasteiger partial charge is 0.255 e. The van der Waals surface area contributed by atoms with Gasteiger partial charge in [0.25, 0.3) is 11.8 Å². The van der Waals surface area contributed by atoms with E-state index in [-0.39, 0.29) is 17.9 Å². The minimum atomic E-state index is -1.14. The van der Waals surface area contributed by atoms with Gasteiger partial charge in [-0.15, -0.1) is 0 Å². The molecular formula is C32H33F2N7O3. The molecule has 44 heavy (non-hydrogen) atoms. The van der Waals surface area contributed by atoms with Crippen molar-refractivity contribution in [3.63, 3.8) is 0 Å². The van der Waals surface area contributed by atoms with E-state index in [1.165, 1.54) is 12.8 Å². The molecule has 2 aliphatic heterocycles. The zero-order chi connectivity index (χ0) is 31.0. The Morgan fingerprint density at radius 2 is 1.82 bits per heavy atom. The number of anilines is 3. The summed E-state index contributed by atoms with van der Waals surface area (Å²) in [6.45, 7) is 6.39. The van der Waals surface area contributed by atoms with Crippen LogP contribution in [0.15, 0.2) is 48.5 Å². The topological polar surface area (TPSA) is 127 Å². The third-order valence-electron chi connectivity index (χ3n) is 8.16. The van der Waals surface area contributed by atoms with Crippen LogP contribution in [0, 0.1) is 18.6 Å². The highest BCUT2D eigenvalue weighted by molar-refractivity contribution is 6.04. The van der Waals surface area contributed by atoms with E-state index in [0.717, 1.165) is 67.1 Å². The third-order valence-corrected chi connectivity index (χ3v) is 8.16. The van der Waals surface area contributed by atoms with Gasteiger partial charge in [-0.2, -0.15) is 5.10 Å². The number of piperazine rings is 1.